The molecule has 0 aliphatic heterocycles. The lowest BCUT2D eigenvalue weighted by Crippen LogP contribution is -2.42. The van der Waals surface area contributed by atoms with E-state index in [1.165, 1.54) is 19.1 Å². The number of imide groups is 1. The summed E-state index contributed by atoms with van der Waals surface area (Å²) in [6, 6.07) is 19.0. The van der Waals surface area contributed by atoms with E-state index in [0.29, 0.717) is 11.4 Å². The molecule has 3 rings (SSSR count). The molecule has 0 spiro atoms. The largest absolute Gasteiger partial charge is 0.399 e. The third-order valence-electron chi connectivity index (χ3n) is 3.90. The monoisotopic (exact) mass is 347 g/mol. The number of nitrogens with two attached hydrogens (primary N) is 1. The first-order valence-electron chi connectivity index (χ1n) is 7.96. The molecule has 6 nitrogen and oxygen atoms in total. The van der Waals surface area contributed by atoms with Gasteiger partial charge in [0.2, 0.25) is 5.91 Å². The Hall–Kier alpha value is -3.67. The van der Waals surface area contributed by atoms with E-state index < -0.39 is 17.7 Å². The highest BCUT2D eigenvalue weighted by molar-refractivity contribution is 6.48. The summed E-state index contributed by atoms with van der Waals surface area (Å²) >= 11 is 0. The second-order valence-electron chi connectivity index (χ2n) is 5.73. The van der Waals surface area contributed by atoms with Crippen LogP contribution in [-0.2, 0) is 14.4 Å². The minimum absolute atomic E-state index is 0.282. The van der Waals surface area contributed by atoms with Crippen molar-refractivity contribution in [2.45, 2.75) is 6.92 Å². The minimum Gasteiger partial charge on any atom is -0.399 e. The summed E-state index contributed by atoms with van der Waals surface area (Å²) < 4.78 is 0. The van der Waals surface area contributed by atoms with Gasteiger partial charge >= 0.3 is 11.8 Å². The van der Waals surface area contributed by atoms with E-state index in [2.05, 4.69) is 5.32 Å². The van der Waals surface area contributed by atoms with Gasteiger partial charge in [-0.15, -0.1) is 0 Å². The summed E-state index contributed by atoms with van der Waals surface area (Å²) in [6.07, 6.45) is 0. The first kappa shape index (κ1) is 17.2. The Morgan fingerprint density at radius 2 is 1.54 bits per heavy atom. The van der Waals surface area contributed by atoms with Gasteiger partial charge < -0.3 is 11.1 Å². The fourth-order valence-corrected chi connectivity index (χ4v) is 2.68. The lowest BCUT2D eigenvalue weighted by Gasteiger charge is -2.19. The minimum atomic E-state index is -0.963. The molecule has 0 atom stereocenters. The van der Waals surface area contributed by atoms with E-state index in [1.54, 1.807) is 24.3 Å². The van der Waals surface area contributed by atoms with Crippen LogP contribution in [0.3, 0.4) is 0 Å². The van der Waals surface area contributed by atoms with Crippen molar-refractivity contribution in [1.82, 2.24) is 0 Å². The van der Waals surface area contributed by atoms with Gasteiger partial charge in [-0.2, -0.15) is 0 Å². The van der Waals surface area contributed by atoms with Gasteiger partial charge in [0.05, 0.1) is 5.69 Å². The van der Waals surface area contributed by atoms with Crippen LogP contribution in [0.4, 0.5) is 17.1 Å². The van der Waals surface area contributed by atoms with Crippen LogP contribution in [0, 0.1) is 0 Å². The number of nitrogen functional groups attached to an aromatic ring is 1. The predicted molar refractivity (Wildman–Crippen MR) is 102 cm³/mol. The van der Waals surface area contributed by atoms with Crippen molar-refractivity contribution in [2.75, 3.05) is 16.0 Å². The Labute approximate surface area is 150 Å². The SMILES string of the molecule is CC(=O)N(C(=O)C(=O)Nc1cccc2ccccc12)c1ccc(N)cc1. The van der Waals surface area contributed by atoms with Crippen molar-refractivity contribution in [2.24, 2.45) is 0 Å². The summed E-state index contributed by atoms with van der Waals surface area (Å²) in [5.74, 6) is -2.42. The van der Waals surface area contributed by atoms with Crippen LogP contribution in [0.5, 0.6) is 0 Å². The van der Waals surface area contributed by atoms with Crippen LogP contribution >= 0.6 is 0 Å². The molecule has 0 aliphatic carbocycles. The zero-order valence-corrected chi connectivity index (χ0v) is 14.1. The van der Waals surface area contributed by atoms with Crippen molar-refractivity contribution >= 4 is 45.6 Å². The molecular formula is C20H17N3O3. The van der Waals surface area contributed by atoms with Crippen molar-refractivity contribution in [3.05, 3.63) is 66.7 Å². The summed E-state index contributed by atoms with van der Waals surface area (Å²) in [4.78, 5) is 37.8. The van der Waals surface area contributed by atoms with Gasteiger partial charge in [-0.25, -0.2) is 4.90 Å². The van der Waals surface area contributed by atoms with Gasteiger partial charge in [0.25, 0.3) is 0 Å². The molecule has 130 valence electrons. The summed E-state index contributed by atoms with van der Waals surface area (Å²) in [5.41, 5.74) is 6.90. The topological polar surface area (TPSA) is 92.5 Å². The Balaban J connectivity index is 1.89. The zero-order chi connectivity index (χ0) is 18.7. The molecule has 0 heterocycles. The molecule has 3 aromatic carbocycles. The summed E-state index contributed by atoms with van der Waals surface area (Å²) in [6.45, 7) is 1.22. The molecule has 3 aromatic rings. The fraction of sp³-hybridized carbons (Fsp3) is 0.0500. The van der Waals surface area contributed by atoms with Crippen molar-refractivity contribution in [1.29, 1.82) is 0 Å². The number of anilines is 3. The van der Waals surface area contributed by atoms with Gasteiger partial charge in [-0.05, 0) is 35.7 Å². The van der Waals surface area contributed by atoms with Gasteiger partial charge in [0.1, 0.15) is 0 Å². The highest BCUT2D eigenvalue weighted by Crippen LogP contribution is 2.23. The number of hydrogen-bond acceptors (Lipinski definition) is 4. The van der Waals surface area contributed by atoms with Crippen LogP contribution in [0.2, 0.25) is 0 Å². The van der Waals surface area contributed by atoms with E-state index in [-0.39, 0.29) is 5.69 Å². The van der Waals surface area contributed by atoms with E-state index in [9.17, 15) is 14.4 Å². The van der Waals surface area contributed by atoms with Crippen LogP contribution in [0.25, 0.3) is 10.8 Å². The normalized spacial score (nSPS) is 10.3. The van der Waals surface area contributed by atoms with Gasteiger partial charge in [0, 0.05) is 23.7 Å². The van der Waals surface area contributed by atoms with Crippen molar-refractivity contribution in [3.8, 4) is 0 Å². The average molecular weight is 347 g/mol. The molecule has 0 aromatic heterocycles. The Bertz CT molecular complexity index is 991. The maximum absolute atomic E-state index is 12.6. The second-order valence-corrected chi connectivity index (χ2v) is 5.73. The van der Waals surface area contributed by atoms with E-state index in [4.69, 9.17) is 5.73 Å². The number of carbonyl (C=O) groups is 3. The average Bonchev–Trinajstić information content (AvgIpc) is 2.63. The molecule has 0 bridgehead atoms. The molecule has 3 N–H and O–H groups in total. The number of hydrogen-bond donors (Lipinski definition) is 2. The molecule has 0 fully saturated rings. The fourth-order valence-electron chi connectivity index (χ4n) is 2.68. The smallest absolute Gasteiger partial charge is 0.323 e. The molecule has 0 aliphatic rings. The van der Waals surface area contributed by atoms with E-state index in [1.807, 2.05) is 30.3 Å². The molecule has 0 saturated carbocycles. The maximum Gasteiger partial charge on any atom is 0.323 e. The lowest BCUT2D eigenvalue weighted by molar-refractivity contribution is -0.136. The number of nitrogens with zero attached hydrogens (tertiary/aromatic N) is 1. The van der Waals surface area contributed by atoms with Crippen LogP contribution in [-0.4, -0.2) is 17.7 Å². The van der Waals surface area contributed by atoms with Gasteiger partial charge in [-0.3, -0.25) is 14.4 Å². The second kappa shape index (κ2) is 7.06. The number of nitrogens with one attached hydrogen (secondary N) is 1. The quantitative estimate of drug-likeness (QED) is 0.551. The Kier molecular flexibility index (Phi) is 4.66. The highest BCUT2D eigenvalue weighted by Gasteiger charge is 2.27. The summed E-state index contributed by atoms with van der Waals surface area (Å²) in [5, 5.41) is 4.33. The Morgan fingerprint density at radius 3 is 2.23 bits per heavy atom. The molecule has 26 heavy (non-hydrogen) atoms. The molecule has 0 saturated heterocycles. The molecule has 6 heteroatoms. The maximum atomic E-state index is 12.6. The first-order valence-corrected chi connectivity index (χ1v) is 7.96. The molecular weight excluding hydrogens is 330 g/mol. The van der Waals surface area contributed by atoms with E-state index >= 15 is 0 Å². The first-order chi connectivity index (χ1) is 12.5. The molecule has 0 unspecified atom stereocenters. The standard InChI is InChI=1S/C20H17N3O3/c1-13(24)23(16-11-9-15(21)10-12-16)20(26)19(25)22-18-8-4-6-14-5-2-3-7-17(14)18/h2-12H,21H2,1H3,(H,22,25). The number of rotatable bonds is 2. The number of amides is 3. The number of benzene rings is 3. The van der Waals surface area contributed by atoms with Crippen LogP contribution in [0.15, 0.2) is 66.7 Å². The number of carbonyl (C=O) groups excluding carboxylic acids is 3. The zero-order valence-electron chi connectivity index (χ0n) is 14.1. The van der Waals surface area contributed by atoms with Crippen LogP contribution < -0.4 is 16.0 Å². The molecule has 3 amide bonds. The van der Waals surface area contributed by atoms with Crippen LogP contribution in [0.1, 0.15) is 6.92 Å². The summed E-state index contributed by atoms with van der Waals surface area (Å²) in [7, 11) is 0. The number of fused-ring (bicyclic) bond motifs is 1. The predicted octanol–water partition coefficient (Wildman–Crippen LogP) is 2.94. The third kappa shape index (κ3) is 3.39. The highest BCUT2D eigenvalue weighted by atomic mass is 16.2. The van der Waals surface area contributed by atoms with Crippen molar-refractivity contribution < 1.29 is 14.4 Å². The van der Waals surface area contributed by atoms with Gasteiger partial charge in [-0.1, -0.05) is 36.4 Å². The molecule has 0 radical (unpaired) electrons. The Morgan fingerprint density at radius 1 is 0.885 bits per heavy atom. The third-order valence-corrected chi connectivity index (χ3v) is 3.90. The van der Waals surface area contributed by atoms with Gasteiger partial charge in [0.15, 0.2) is 0 Å². The van der Waals surface area contributed by atoms with Crippen molar-refractivity contribution in [3.63, 3.8) is 0 Å². The lowest BCUT2D eigenvalue weighted by atomic mass is 10.1. The van der Waals surface area contributed by atoms with E-state index in [0.717, 1.165) is 15.7 Å².